The molecule has 1 aliphatic heterocycles. The fraction of sp³-hybridized carbons (Fsp3) is 0.278. The maximum atomic E-state index is 13.8. The van der Waals surface area contributed by atoms with Gasteiger partial charge in [0, 0.05) is 45.1 Å². The van der Waals surface area contributed by atoms with Gasteiger partial charge in [-0.1, -0.05) is 12.1 Å². The second-order valence-electron chi connectivity index (χ2n) is 5.77. The molecule has 3 rings (SSSR count). The molecule has 0 aliphatic carbocycles. The molecule has 0 bridgehead atoms. The average Bonchev–Trinajstić information content (AvgIpc) is 2.67. The first-order chi connectivity index (χ1) is 12.1. The summed E-state index contributed by atoms with van der Waals surface area (Å²) in [5.41, 5.74) is 1.40. The number of rotatable bonds is 3. The average molecular weight is 342 g/mol. The van der Waals surface area contributed by atoms with Gasteiger partial charge in [-0.2, -0.15) is 0 Å². The molecule has 2 heterocycles. The summed E-state index contributed by atoms with van der Waals surface area (Å²) in [7, 11) is 0. The second kappa shape index (κ2) is 7.74. The molecule has 1 N–H and O–H groups in total. The number of hydrogen-bond donors (Lipinski definition) is 1. The van der Waals surface area contributed by atoms with Crippen LogP contribution in [0.15, 0.2) is 48.8 Å². The maximum absolute atomic E-state index is 13.8. The molecule has 2 aromatic rings. The quantitative estimate of drug-likeness (QED) is 0.851. The highest BCUT2D eigenvalue weighted by Gasteiger charge is 2.26. The monoisotopic (exact) mass is 342 g/mol. The largest absolute Gasteiger partial charge is 0.366 e. The summed E-state index contributed by atoms with van der Waals surface area (Å²) in [5, 5.41) is 2.62. The SMILES string of the molecule is O=C(NCc1ccncc1)C(=O)N1CCN(c2ccccc2F)CC1. The fourth-order valence-corrected chi connectivity index (χ4v) is 2.76. The molecule has 1 fully saturated rings. The van der Waals surface area contributed by atoms with Gasteiger partial charge in [0.1, 0.15) is 5.82 Å². The number of piperazine rings is 1. The highest BCUT2D eigenvalue weighted by molar-refractivity contribution is 6.35. The first kappa shape index (κ1) is 16.9. The lowest BCUT2D eigenvalue weighted by Gasteiger charge is -2.35. The number of amides is 2. The molecule has 0 radical (unpaired) electrons. The van der Waals surface area contributed by atoms with E-state index < -0.39 is 11.8 Å². The van der Waals surface area contributed by atoms with Crippen molar-refractivity contribution in [1.82, 2.24) is 15.2 Å². The van der Waals surface area contributed by atoms with Gasteiger partial charge in [0.05, 0.1) is 5.69 Å². The number of aromatic nitrogens is 1. The van der Waals surface area contributed by atoms with Crippen molar-refractivity contribution < 1.29 is 14.0 Å². The Bertz CT molecular complexity index is 746. The van der Waals surface area contributed by atoms with E-state index in [1.54, 1.807) is 42.7 Å². The minimum absolute atomic E-state index is 0.280. The molecule has 2 amide bonds. The minimum Gasteiger partial charge on any atom is -0.366 e. The van der Waals surface area contributed by atoms with Gasteiger partial charge < -0.3 is 15.1 Å². The van der Waals surface area contributed by atoms with E-state index in [1.807, 2.05) is 4.90 Å². The Morgan fingerprint density at radius 3 is 2.40 bits per heavy atom. The zero-order chi connectivity index (χ0) is 17.6. The van der Waals surface area contributed by atoms with Gasteiger partial charge >= 0.3 is 11.8 Å². The number of carbonyl (C=O) groups is 2. The molecule has 6 nitrogen and oxygen atoms in total. The van der Waals surface area contributed by atoms with Crippen molar-refractivity contribution in [2.24, 2.45) is 0 Å². The Balaban J connectivity index is 1.51. The number of pyridine rings is 1. The van der Waals surface area contributed by atoms with E-state index in [4.69, 9.17) is 0 Å². The van der Waals surface area contributed by atoms with Crippen LogP contribution in [0.2, 0.25) is 0 Å². The molecule has 7 heteroatoms. The Hall–Kier alpha value is -2.96. The molecule has 1 aliphatic rings. The lowest BCUT2D eigenvalue weighted by atomic mass is 10.2. The van der Waals surface area contributed by atoms with E-state index in [0.717, 1.165) is 5.56 Å². The van der Waals surface area contributed by atoms with Crippen molar-refractivity contribution in [1.29, 1.82) is 0 Å². The minimum atomic E-state index is -0.629. The number of hydrogen-bond acceptors (Lipinski definition) is 4. The zero-order valence-corrected chi connectivity index (χ0v) is 13.7. The van der Waals surface area contributed by atoms with E-state index in [9.17, 15) is 14.0 Å². The summed E-state index contributed by atoms with van der Waals surface area (Å²) in [6.07, 6.45) is 3.26. The number of nitrogens with one attached hydrogen (secondary N) is 1. The van der Waals surface area contributed by atoms with Crippen molar-refractivity contribution in [3.63, 3.8) is 0 Å². The van der Waals surface area contributed by atoms with Gasteiger partial charge in [0.15, 0.2) is 0 Å². The molecule has 0 saturated carbocycles. The lowest BCUT2D eigenvalue weighted by Crippen LogP contribution is -2.52. The third-order valence-corrected chi connectivity index (χ3v) is 4.16. The van der Waals surface area contributed by atoms with Gasteiger partial charge in [0.2, 0.25) is 0 Å². The highest BCUT2D eigenvalue weighted by atomic mass is 19.1. The summed E-state index contributed by atoms with van der Waals surface area (Å²) in [6.45, 7) is 2.03. The van der Waals surface area contributed by atoms with Crippen LogP contribution in [0.4, 0.5) is 10.1 Å². The van der Waals surface area contributed by atoms with Gasteiger partial charge in [0.25, 0.3) is 0 Å². The van der Waals surface area contributed by atoms with Crippen LogP contribution in [0, 0.1) is 5.82 Å². The molecule has 1 aromatic carbocycles. The third kappa shape index (κ3) is 4.12. The number of anilines is 1. The van der Waals surface area contributed by atoms with E-state index >= 15 is 0 Å². The lowest BCUT2D eigenvalue weighted by molar-refractivity contribution is -0.146. The highest BCUT2D eigenvalue weighted by Crippen LogP contribution is 2.20. The van der Waals surface area contributed by atoms with Crippen LogP contribution >= 0.6 is 0 Å². The van der Waals surface area contributed by atoms with Crippen LogP contribution in [0.25, 0.3) is 0 Å². The van der Waals surface area contributed by atoms with Crippen LogP contribution in [-0.4, -0.2) is 47.9 Å². The predicted octanol–water partition coefficient (Wildman–Crippen LogP) is 1.19. The molecule has 1 saturated heterocycles. The van der Waals surface area contributed by atoms with E-state index in [-0.39, 0.29) is 12.4 Å². The summed E-state index contributed by atoms with van der Waals surface area (Å²) >= 11 is 0. The van der Waals surface area contributed by atoms with Gasteiger partial charge in [-0.3, -0.25) is 14.6 Å². The number of carbonyl (C=O) groups excluding carboxylic acids is 2. The van der Waals surface area contributed by atoms with Crippen LogP contribution in [-0.2, 0) is 16.1 Å². The maximum Gasteiger partial charge on any atom is 0.312 e. The Morgan fingerprint density at radius 1 is 1.04 bits per heavy atom. The number of nitrogens with zero attached hydrogens (tertiary/aromatic N) is 3. The smallest absolute Gasteiger partial charge is 0.312 e. The van der Waals surface area contributed by atoms with Crippen molar-refractivity contribution in [3.8, 4) is 0 Å². The fourth-order valence-electron chi connectivity index (χ4n) is 2.76. The van der Waals surface area contributed by atoms with E-state index in [2.05, 4.69) is 10.3 Å². The van der Waals surface area contributed by atoms with Crippen LogP contribution in [0.3, 0.4) is 0 Å². The summed E-state index contributed by atoms with van der Waals surface area (Å²) in [6, 6.07) is 10.1. The first-order valence-corrected chi connectivity index (χ1v) is 8.10. The summed E-state index contributed by atoms with van der Waals surface area (Å²) < 4.78 is 13.8. The normalized spacial score (nSPS) is 14.3. The van der Waals surface area contributed by atoms with Crippen LogP contribution in [0.5, 0.6) is 0 Å². The molecule has 130 valence electrons. The summed E-state index contributed by atoms with van der Waals surface area (Å²) in [4.78, 5) is 31.6. The standard InChI is InChI=1S/C18H19FN4O2/c19-15-3-1-2-4-16(15)22-9-11-23(12-10-22)18(25)17(24)21-13-14-5-7-20-8-6-14/h1-8H,9-13H2,(H,21,24). The van der Waals surface area contributed by atoms with Gasteiger partial charge in [-0.25, -0.2) is 4.39 Å². The van der Waals surface area contributed by atoms with E-state index in [1.165, 1.54) is 11.0 Å². The first-order valence-electron chi connectivity index (χ1n) is 8.10. The van der Waals surface area contributed by atoms with E-state index in [0.29, 0.717) is 31.9 Å². The molecule has 0 unspecified atom stereocenters. The van der Waals surface area contributed by atoms with Crippen LogP contribution in [0.1, 0.15) is 5.56 Å². The van der Waals surface area contributed by atoms with Crippen molar-refractivity contribution in [2.45, 2.75) is 6.54 Å². The Labute approximate surface area is 145 Å². The molecular formula is C18H19FN4O2. The number of benzene rings is 1. The Kier molecular flexibility index (Phi) is 5.23. The third-order valence-electron chi connectivity index (χ3n) is 4.16. The topological polar surface area (TPSA) is 65.5 Å². The Morgan fingerprint density at radius 2 is 1.72 bits per heavy atom. The second-order valence-corrected chi connectivity index (χ2v) is 5.77. The summed E-state index contributed by atoms with van der Waals surface area (Å²) in [5.74, 6) is -1.46. The molecule has 25 heavy (non-hydrogen) atoms. The molecule has 0 spiro atoms. The van der Waals surface area contributed by atoms with Crippen molar-refractivity contribution in [2.75, 3.05) is 31.1 Å². The van der Waals surface area contributed by atoms with Gasteiger partial charge in [-0.15, -0.1) is 0 Å². The van der Waals surface area contributed by atoms with Crippen molar-refractivity contribution >= 4 is 17.5 Å². The molecule has 1 aromatic heterocycles. The number of halogens is 1. The van der Waals surface area contributed by atoms with Gasteiger partial charge in [-0.05, 0) is 29.8 Å². The zero-order valence-electron chi connectivity index (χ0n) is 13.7. The molecule has 0 atom stereocenters. The molecular weight excluding hydrogens is 323 g/mol. The predicted molar refractivity (Wildman–Crippen MR) is 91.3 cm³/mol. The number of para-hydroxylation sites is 1. The van der Waals surface area contributed by atoms with Crippen molar-refractivity contribution in [3.05, 3.63) is 60.2 Å². The van der Waals surface area contributed by atoms with Crippen LogP contribution < -0.4 is 10.2 Å².